The van der Waals surface area contributed by atoms with Gasteiger partial charge in [0.1, 0.15) is 10.8 Å². The molecule has 0 spiro atoms. The number of halogens is 2. The van der Waals surface area contributed by atoms with Gasteiger partial charge in [-0.1, -0.05) is 11.6 Å². The average molecular weight is 257 g/mol. The molecule has 84 valence electrons. The Hall–Kier alpha value is -0.970. The van der Waals surface area contributed by atoms with Crippen LogP contribution >= 0.6 is 22.9 Å². The molecule has 0 fully saturated rings. The fraction of sp³-hybridized carbons (Fsp3) is 0.182. The molecule has 2 N–H and O–H groups in total. The van der Waals surface area contributed by atoms with Crippen LogP contribution < -0.4 is 5.73 Å². The fourth-order valence-corrected chi connectivity index (χ4v) is 2.39. The summed E-state index contributed by atoms with van der Waals surface area (Å²) in [5, 5.41) is 2.85. The molecule has 1 aromatic carbocycles. The molecule has 5 heteroatoms. The van der Waals surface area contributed by atoms with Crippen molar-refractivity contribution in [1.29, 1.82) is 0 Å². The van der Waals surface area contributed by atoms with Crippen molar-refractivity contribution in [3.05, 3.63) is 40.1 Å². The zero-order valence-electron chi connectivity index (χ0n) is 8.58. The van der Waals surface area contributed by atoms with E-state index in [2.05, 4.69) is 4.98 Å². The van der Waals surface area contributed by atoms with E-state index in [1.54, 1.807) is 12.1 Å². The monoisotopic (exact) mass is 256 g/mol. The Kier molecular flexibility index (Phi) is 3.23. The second-order valence-electron chi connectivity index (χ2n) is 3.49. The second kappa shape index (κ2) is 4.49. The van der Waals surface area contributed by atoms with E-state index in [-0.39, 0.29) is 11.9 Å². The Bertz CT molecular complexity index is 510. The van der Waals surface area contributed by atoms with Gasteiger partial charge in [-0.15, -0.1) is 11.3 Å². The first-order valence-electron chi connectivity index (χ1n) is 4.74. The molecule has 0 aliphatic heterocycles. The van der Waals surface area contributed by atoms with E-state index in [9.17, 15) is 4.39 Å². The molecule has 1 heterocycles. The lowest BCUT2D eigenvalue weighted by molar-refractivity contribution is 0.631. The van der Waals surface area contributed by atoms with Gasteiger partial charge >= 0.3 is 0 Å². The average Bonchev–Trinajstić information content (AvgIpc) is 2.66. The zero-order chi connectivity index (χ0) is 11.7. The summed E-state index contributed by atoms with van der Waals surface area (Å²) in [6.45, 7) is 1.84. The third kappa shape index (κ3) is 2.24. The van der Waals surface area contributed by atoms with Crippen molar-refractivity contribution >= 4 is 22.9 Å². The maximum absolute atomic E-state index is 13.6. The van der Waals surface area contributed by atoms with E-state index in [4.69, 9.17) is 17.3 Å². The first-order valence-corrected chi connectivity index (χ1v) is 6.00. The van der Waals surface area contributed by atoms with Gasteiger partial charge < -0.3 is 5.73 Å². The quantitative estimate of drug-likeness (QED) is 0.891. The Balaban J connectivity index is 2.42. The van der Waals surface area contributed by atoms with Crippen LogP contribution in [0.5, 0.6) is 0 Å². The van der Waals surface area contributed by atoms with Crippen LogP contribution in [0.1, 0.15) is 18.7 Å². The lowest BCUT2D eigenvalue weighted by Gasteiger charge is -2.00. The van der Waals surface area contributed by atoms with E-state index >= 15 is 0 Å². The molecule has 1 unspecified atom stereocenters. The van der Waals surface area contributed by atoms with Crippen LogP contribution in [0.4, 0.5) is 4.39 Å². The van der Waals surface area contributed by atoms with Crippen LogP contribution in [-0.4, -0.2) is 4.98 Å². The van der Waals surface area contributed by atoms with Gasteiger partial charge in [0.25, 0.3) is 0 Å². The molecule has 0 aliphatic rings. The minimum Gasteiger partial charge on any atom is -0.323 e. The first-order chi connectivity index (χ1) is 7.58. The minimum atomic E-state index is -0.363. The summed E-state index contributed by atoms with van der Waals surface area (Å²) in [6.07, 6.45) is 0. The molecule has 2 nitrogen and oxygen atoms in total. The zero-order valence-corrected chi connectivity index (χ0v) is 10.1. The number of benzene rings is 1. The molecule has 2 rings (SSSR count). The molecule has 0 radical (unpaired) electrons. The van der Waals surface area contributed by atoms with Gasteiger partial charge in [0.05, 0.1) is 5.69 Å². The summed E-state index contributed by atoms with van der Waals surface area (Å²) >= 11 is 7.06. The molecule has 0 saturated carbocycles. The summed E-state index contributed by atoms with van der Waals surface area (Å²) in [5.74, 6) is -0.363. The molecule has 1 atom stereocenters. The van der Waals surface area contributed by atoms with Crippen molar-refractivity contribution in [3.8, 4) is 10.6 Å². The number of nitrogens with zero attached hydrogens (tertiary/aromatic N) is 1. The molecule has 0 amide bonds. The van der Waals surface area contributed by atoms with Gasteiger partial charge in [0.2, 0.25) is 0 Å². The van der Waals surface area contributed by atoms with Crippen molar-refractivity contribution in [3.63, 3.8) is 0 Å². The molecule has 0 aliphatic carbocycles. The van der Waals surface area contributed by atoms with E-state index < -0.39 is 0 Å². The van der Waals surface area contributed by atoms with Gasteiger partial charge in [-0.25, -0.2) is 9.37 Å². The van der Waals surface area contributed by atoms with Gasteiger partial charge in [-0.3, -0.25) is 0 Å². The largest absolute Gasteiger partial charge is 0.323 e. The maximum atomic E-state index is 13.6. The van der Waals surface area contributed by atoms with Crippen molar-refractivity contribution in [1.82, 2.24) is 4.98 Å². The fourth-order valence-electron chi connectivity index (χ4n) is 1.28. The van der Waals surface area contributed by atoms with E-state index in [1.165, 1.54) is 17.4 Å². The Labute approximate surface area is 102 Å². The number of rotatable bonds is 2. The smallest absolute Gasteiger partial charge is 0.134 e. The van der Waals surface area contributed by atoms with Crippen LogP contribution in [-0.2, 0) is 0 Å². The highest BCUT2D eigenvalue weighted by Gasteiger charge is 2.11. The maximum Gasteiger partial charge on any atom is 0.134 e. The van der Waals surface area contributed by atoms with E-state index in [0.29, 0.717) is 15.6 Å². The Morgan fingerprint density at radius 3 is 2.81 bits per heavy atom. The van der Waals surface area contributed by atoms with Crippen LogP contribution in [0.25, 0.3) is 10.6 Å². The highest BCUT2D eigenvalue weighted by Crippen LogP contribution is 2.29. The van der Waals surface area contributed by atoms with Crippen LogP contribution in [0.3, 0.4) is 0 Å². The molecule has 0 bridgehead atoms. The highest BCUT2D eigenvalue weighted by molar-refractivity contribution is 7.13. The van der Waals surface area contributed by atoms with Crippen molar-refractivity contribution in [2.24, 2.45) is 5.73 Å². The Morgan fingerprint density at radius 1 is 1.50 bits per heavy atom. The predicted molar refractivity (Wildman–Crippen MR) is 65.1 cm³/mol. The summed E-state index contributed by atoms with van der Waals surface area (Å²) in [4.78, 5) is 4.28. The van der Waals surface area contributed by atoms with Gasteiger partial charge in [-0.2, -0.15) is 0 Å². The van der Waals surface area contributed by atoms with Crippen LogP contribution in [0.2, 0.25) is 5.02 Å². The number of aromatic nitrogens is 1. The van der Waals surface area contributed by atoms with Crippen molar-refractivity contribution in [2.45, 2.75) is 13.0 Å². The predicted octanol–water partition coefficient (Wildman–Crippen LogP) is 3.62. The molecular weight excluding hydrogens is 247 g/mol. The molecule has 0 saturated heterocycles. The van der Waals surface area contributed by atoms with Crippen LogP contribution in [0, 0.1) is 5.82 Å². The number of hydrogen-bond donors (Lipinski definition) is 1. The van der Waals surface area contributed by atoms with Gasteiger partial charge in [0.15, 0.2) is 0 Å². The summed E-state index contributed by atoms with van der Waals surface area (Å²) in [7, 11) is 0. The first kappa shape index (κ1) is 11.5. The summed E-state index contributed by atoms with van der Waals surface area (Å²) in [6, 6.07) is 4.42. The van der Waals surface area contributed by atoms with Crippen molar-refractivity contribution < 1.29 is 4.39 Å². The number of thiazole rings is 1. The normalized spacial score (nSPS) is 12.8. The van der Waals surface area contributed by atoms with E-state index in [0.717, 1.165) is 5.69 Å². The topological polar surface area (TPSA) is 38.9 Å². The lowest BCUT2D eigenvalue weighted by Crippen LogP contribution is -2.04. The third-order valence-corrected chi connectivity index (χ3v) is 3.28. The van der Waals surface area contributed by atoms with Gasteiger partial charge in [0, 0.05) is 22.0 Å². The summed E-state index contributed by atoms with van der Waals surface area (Å²) in [5.41, 5.74) is 6.93. The number of hydrogen-bond acceptors (Lipinski definition) is 3. The molecular formula is C11H10ClFN2S. The molecule has 1 aromatic heterocycles. The van der Waals surface area contributed by atoms with Crippen molar-refractivity contribution in [2.75, 3.05) is 0 Å². The molecule has 2 aromatic rings. The van der Waals surface area contributed by atoms with E-state index in [1.807, 2.05) is 12.3 Å². The number of nitrogens with two attached hydrogens (primary N) is 1. The molecule has 16 heavy (non-hydrogen) atoms. The third-order valence-electron chi connectivity index (χ3n) is 2.15. The minimum absolute atomic E-state index is 0.139. The van der Waals surface area contributed by atoms with Gasteiger partial charge in [-0.05, 0) is 25.1 Å². The Morgan fingerprint density at radius 2 is 2.25 bits per heavy atom. The van der Waals surface area contributed by atoms with Crippen LogP contribution in [0.15, 0.2) is 23.6 Å². The standard InChI is InChI=1S/C11H10ClFN2S/c1-6(14)10-5-16-11(15-10)8-3-2-7(12)4-9(8)13/h2-6H,14H2,1H3. The highest BCUT2D eigenvalue weighted by atomic mass is 35.5. The second-order valence-corrected chi connectivity index (χ2v) is 4.78. The SMILES string of the molecule is CC(N)c1csc(-c2ccc(Cl)cc2F)n1. The summed E-state index contributed by atoms with van der Waals surface area (Å²) < 4.78 is 13.6. The lowest BCUT2D eigenvalue weighted by atomic mass is 10.2.